The molecule has 4 rings (SSSR count). The molecule has 5 nitrogen and oxygen atoms in total. The highest BCUT2D eigenvalue weighted by Gasteiger charge is 2.29. The zero-order valence-electron chi connectivity index (χ0n) is 14.0. The van der Waals surface area contributed by atoms with Gasteiger partial charge in [0, 0.05) is 5.69 Å². The van der Waals surface area contributed by atoms with Gasteiger partial charge in [0.25, 0.3) is 11.8 Å². The molecular formula is C18H20FN4OS+. The van der Waals surface area contributed by atoms with Crippen LogP contribution in [0.5, 0.6) is 0 Å². The van der Waals surface area contributed by atoms with Crippen molar-refractivity contribution in [2.75, 3.05) is 31.1 Å². The summed E-state index contributed by atoms with van der Waals surface area (Å²) in [5.74, 6) is 1.09. The zero-order valence-corrected chi connectivity index (χ0v) is 14.8. The zero-order chi connectivity index (χ0) is 17.2. The summed E-state index contributed by atoms with van der Waals surface area (Å²) in [6, 6.07) is 10.8. The van der Waals surface area contributed by atoms with Crippen molar-refractivity contribution in [3.63, 3.8) is 0 Å². The molecule has 0 spiro atoms. The van der Waals surface area contributed by atoms with Gasteiger partial charge in [-0.3, -0.25) is 0 Å². The molecule has 1 N–H and O–H groups in total. The molecule has 2 aromatic heterocycles. The van der Waals surface area contributed by atoms with Crippen LogP contribution in [0.3, 0.4) is 0 Å². The normalized spacial score (nSPS) is 17.0. The largest absolute Gasteiger partial charge is 0.414 e. The predicted molar refractivity (Wildman–Crippen MR) is 95.3 cm³/mol. The fourth-order valence-corrected chi connectivity index (χ4v) is 3.87. The number of rotatable bonds is 4. The first kappa shape index (κ1) is 16.2. The van der Waals surface area contributed by atoms with E-state index in [1.807, 2.05) is 29.6 Å². The van der Waals surface area contributed by atoms with E-state index in [4.69, 9.17) is 4.42 Å². The minimum atomic E-state index is -0.195. The molecule has 0 saturated carbocycles. The van der Waals surface area contributed by atoms with Crippen molar-refractivity contribution in [2.45, 2.75) is 13.0 Å². The molecule has 1 aliphatic heterocycles. The first-order chi connectivity index (χ1) is 12.2. The summed E-state index contributed by atoms with van der Waals surface area (Å²) < 4.78 is 18.9. The van der Waals surface area contributed by atoms with Crippen LogP contribution in [0, 0.1) is 5.82 Å². The average Bonchev–Trinajstić information content (AvgIpc) is 3.33. The molecule has 1 fully saturated rings. The fraction of sp³-hybridized carbons (Fsp3) is 0.333. The van der Waals surface area contributed by atoms with Gasteiger partial charge in [-0.25, -0.2) is 4.39 Å². The van der Waals surface area contributed by atoms with Crippen LogP contribution in [0.1, 0.15) is 18.9 Å². The predicted octanol–water partition coefficient (Wildman–Crippen LogP) is 2.40. The van der Waals surface area contributed by atoms with Crippen molar-refractivity contribution in [1.29, 1.82) is 0 Å². The second-order valence-corrected chi connectivity index (χ2v) is 7.21. The fourth-order valence-electron chi connectivity index (χ4n) is 3.22. The molecule has 0 unspecified atom stereocenters. The molecule has 0 radical (unpaired) electrons. The summed E-state index contributed by atoms with van der Waals surface area (Å²) in [6.07, 6.45) is 0. The van der Waals surface area contributed by atoms with E-state index in [1.165, 1.54) is 17.0 Å². The third-order valence-electron chi connectivity index (χ3n) is 4.75. The summed E-state index contributed by atoms with van der Waals surface area (Å²) in [5.41, 5.74) is 1.07. The summed E-state index contributed by atoms with van der Waals surface area (Å²) in [4.78, 5) is 4.72. The maximum absolute atomic E-state index is 13.1. The molecule has 0 amide bonds. The van der Waals surface area contributed by atoms with Gasteiger partial charge in [-0.05, 0) is 42.6 Å². The third-order valence-corrected chi connectivity index (χ3v) is 5.61. The lowest BCUT2D eigenvalue weighted by atomic mass is 10.2. The van der Waals surface area contributed by atoms with Gasteiger partial charge in [0.15, 0.2) is 6.04 Å². The van der Waals surface area contributed by atoms with E-state index in [-0.39, 0.29) is 11.9 Å². The van der Waals surface area contributed by atoms with Crippen LogP contribution in [0.15, 0.2) is 46.2 Å². The first-order valence-electron chi connectivity index (χ1n) is 8.43. The molecule has 130 valence electrons. The van der Waals surface area contributed by atoms with Crippen LogP contribution in [0.4, 0.5) is 10.1 Å². The Morgan fingerprint density at radius 2 is 1.92 bits per heavy atom. The molecule has 0 bridgehead atoms. The number of piperazine rings is 1. The second kappa shape index (κ2) is 6.93. The Morgan fingerprint density at radius 1 is 1.16 bits per heavy atom. The number of anilines is 1. The number of halogens is 1. The molecule has 7 heteroatoms. The quantitative estimate of drug-likeness (QED) is 0.777. The molecule has 3 heterocycles. The molecule has 3 aromatic rings. The number of nitrogens with zero attached hydrogens (tertiary/aromatic N) is 3. The number of hydrogen-bond donors (Lipinski definition) is 1. The minimum absolute atomic E-state index is 0.164. The van der Waals surface area contributed by atoms with E-state index in [0.29, 0.717) is 11.8 Å². The van der Waals surface area contributed by atoms with Gasteiger partial charge in [0.2, 0.25) is 0 Å². The highest BCUT2D eigenvalue weighted by atomic mass is 32.1. The molecule has 1 atom stereocenters. The monoisotopic (exact) mass is 359 g/mol. The number of thiophene rings is 1. The molecular weight excluding hydrogens is 339 g/mol. The number of nitrogens with one attached hydrogen (secondary N) is 1. The number of hydrogen-bond acceptors (Lipinski definition) is 5. The molecule has 25 heavy (non-hydrogen) atoms. The van der Waals surface area contributed by atoms with Crippen LogP contribution in [-0.4, -0.2) is 36.4 Å². The highest BCUT2D eigenvalue weighted by molar-refractivity contribution is 7.13. The lowest BCUT2D eigenvalue weighted by Gasteiger charge is -2.35. The van der Waals surface area contributed by atoms with Crippen LogP contribution < -0.4 is 9.80 Å². The van der Waals surface area contributed by atoms with E-state index in [1.54, 1.807) is 11.3 Å². The lowest BCUT2D eigenvalue weighted by Crippen LogP contribution is -3.14. The van der Waals surface area contributed by atoms with Crippen molar-refractivity contribution in [3.8, 4) is 10.8 Å². The van der Waals surface area contributed by atoms with Crippen molar-refractivity contribution >= 4 is 17.0 Å². The molecule has 1 saturated heterocycles. The Kier molecular flexibility index (Phi) is 4.50. The van der Waals surface area contributed by atoms with E-state index in [9.17, 15) is 4.39 Å². The average molecular weight is 359 g/mol. The van der Waals surface area contributed by atoms with Crippen molar-refractivity contribution in [1.82, 2.24) is 10.2 Å². The van der Waals surface area contributed by atoms with Crippen LogP contribution in [-0.2, 0) is 0 Å². The van der Waals surface area contributed by atoms with Crippen LogP contribution in [0.2, 0.25) is 0 Å². The topological polar surface area (TPSA) is 46.6 Å². The SMILES string of the molecule is C[C@H](c1nnc(-c2cccs2)o1)[NH+]1CCN(c2ccc(F)cc2)CC1. The van der Waals surface area contributed by atoms with Gasteiger partial charge in [-0.2, -0.15) is 0 Å². The summed E-state index contributed by atoms with van der Waals surface area (Å²) >= 11 is 1.60. The number of benzene rings is 1. The third kappa shape index (κ3) is 3.43. The highest BCUT2D eigenvalue weighted by Crippen LogP contribution is 2.24. The van der Waals surface area contributed by atoms with E-state index < -0.39 is 0 Å². The van der Waals surface area contributed by atoms with Crippen molar-refractivity contribution in [3.05, 3.63) is 53.5 Å². The maximum Gasteiger partial charge on any atom is 0.274 e. The van der Waals surface area contributed by atoms with Crippen molar-refractivity contribution in [2.24, 2.45) is 0 Å². The summed E-state index contributed by atoms with van der Waals surface area (Å²) in [5, 5.41) is 10.4. The van der Waals surface area contributed by atoms with Gasteiger partial charge in [0.05, 0.1) is 31.1 Å². The van der Waals surface area contributed by atoms with E-state index >= 15 is 0 Å². The van der Waals surface area contributed by atoms with Gasteiger partial charge < -0.3 is 14.2 Å². The number of quaternary nitrogens is 1. The van der Waals surface area contributed by atoms with Crippen LogP contribution in [0.25, 0.3) is 10.8 Å². The van der Waals surface area contributed by atoms with Gasteiger partial charge in [-0.1, -0.05) is 6.07 Å². The van der Waals surface area contributed by atoms with Crippen molar-refractivity contribution < 1.29 is 13.7 Å². The van der Waals surface area contributed by atoms with Gasteiger partial charge in [0.1, 0.15) is 5.82 Å². The standard InChI is InChI=1S/C18H19FN4OS/c1-13(17-20-21-18(24-17)16-3-2-12-25-16)22-8-10-23(11-9-22)15-6-4-14(19)5-7-15/h2-7,12-13H,8-11H2,1H3/p+1/t13-/m1/s1. The molecule has 0 aliphatic carbocycles. The Morgan fingerprint density at radius 3 is 2.60 bits per heavy atom. The lowest BCUT2D eigenvalue weighted by molar-refractivity contribution is -0.931. The smallest absolute Gasteiger partial charge is 0.274 e. The summed E-state index contributed by atoms with van der Waals surface area (Å²) in [7, 11) is 0. The van der Waals surface area contributed by atoms with Gasteiger partial charge >= 0.3 is 0 Å². The van der Waals surface area contributed by atoms with Gasteiger partial charge in [-0.15, -0.1) is 21.5 Å². The Bertz CT molecular complexity index is 810. The maximum atomic E-state index is 13.1. The Labute approximate surface area is 149 Å². The van der Waals surface area contributed by atoms with Crippen LogP contribution >= 0.6 is 11.3 Å². The summed E-state index contributed by atoms with van der Waals surface area (Å²) in [6.45, 7) is 5.95. The van der Waals surface area contributed by atoms with E-state index in [0.717, 1.165) is 36.7 Å². The first-order valence-corrected chi connectivity index (χ1v) is 9.31. The molecule has 1 aliphatic rings. The Hall–Kier alpha value is -2.25. The van der Waals surface area contributed by atoms with E-state index in [2.05, 4.69) is 22.0 Å². The molecule has 1 aromatic carbocycles. The number of aromatic nitrogens is 2. The minimum Gasteiger partial charge on any atom is -0.414 e. The second-order valence-electron chi connectivity index (χ2n) is 6.27. The Balaban J connectivity index is 1.39.